The number of aromatic nitrogens is 2. The van der Waals surface area contributed by atoms with Crippen molar-refractivity contribution in [3.8, 4) is 11.8 Å². The van der Waals surface area contributed by atoms with E-state index >= 15 is 0 Å². The number of rotatable bonds is 3. The molecule has 0 fully saturated rings. The van der Waals surface area contributed by atoms with Crippen LogP contribution in [-0.4, -0.2) is 21.3 Å². The van der Waals surface area contributed by atoms with E-state index in [4.69, 9.17) is 5.11 Å². The van der Waals surface area contributed by atoms with E-state index in [9.17, 15) is 0 Å². The summed E-state index contributed by atoms with van der Waals surface area (Å²) in [5.74, 6) is 6.06. The SMILES string of the molecule is OCCC#Cc1ccc(Cn2cnc3c2CCCC3)s1. The molecule has 3 rings (SSSR count). The molecule has 0 atom stereocenters. The van der Waals surface area contributed by atoms with Crippen molar-refractivity contribution in [1.82, 2.24) is 9.55 Å². The summed E-state index contributed by atoms with van der Waals surface area (Å²) >= 11 is 1.73. The molecule has 0 amide bonds. The Morgan fingerprint density at radius 2 is 2.20 bits per heavy atom. The molecule has 20 heavy (non-hydrogen) atoms. The van der Waals surface area contributed by atoms with E-state index < -0.39 is 0 Å². The third-order valence-corrected chi connectivity index (χ3v) is 4.53. The quantitative estimate of drug-likeness (QED) is 0.881. The second-order valence-electron chi connectivity index (χ2n) is 5.01. The van der Waals surface area contributed by atoms with Crippen LogP contribution < -0.4 is 0 Å². The van der Waals surface area contributed by atoms with Gasteiger partial charge in [0.15, 0.2) is 0 Å². The molecule has 0 spiro atoms. The van der Waals surface area contributed by atoms with Gasteiger partial charge in [0.2, 0.25) is 0 Å². The second kappa shape index (κ2) is 6.25. The first-order chi connectivity index (χ1) is 9.86. The number of aliphatic hydroxyl groups excluding tert-OH is 1. The predicted molar refractivity (Wildman–Crippen MR) is 80.9 cm³/mol. The lowest BCUT2D eigenvalue weighted by Gasteiger charge is -2.13. The van der Waals surface area contributed by atoms with Gasteiger partial charge in [0.1, 0.15) is 0 Å². The van der Waals surface area contributed by atoms with Gasteiger partial charge in [-0.1, -0.05) is 11.8 Å². The highest BCUT2D eigenvalue weighted by molar-refractivity contribution is 7.12. The summed E-state index contributed by atoms with van der Waals surface area (Å²) in [6.45, 7) is 1.03. The van der Waals surface area contributed by atoms with Crippen LogP contribution in [0.4, 0.5) is 0 Å². The molecule has 2 heterocycles. The maximum absolute atomic E-state index is 8.72. The molecular formula is C16H18N2OS. The molecule has 1 N–H and O–H groups in total. The van der Waals surface area contributed by atoms with Gasteiger partial charge in [0.25, 0.3) is 0 Å². The van der Waals surface area contributed by atoms with Gasteiger partial charge in [-0.15, -0.1) is 11.3 Å². The number of aliphatic hydroxyl groups is 1. The molecule has 0 aliphatic heterocycles. The Morgan fingerprint density at radius 1 is 1.30 bits per heavy atom. The van der Waals surface area contributed by atoms with Gasteiger partial charge in [-0.2, -0.15) is 0 Å². The van der Waals surface area contributed by atoms with E-state index in [0.717, 1.165) is 24.3 Å². The van der Waals surface area contributed by atoms with Crippen LogP contribution in [0.5, 0.6) is 0 Å². The lowest BCUT2D eigenvalue weighted by molar-refractivity contribution is 0.305. The molecule has 4 heteroatoms. The molecule has 0 radical (unpaired) electrons. The molecule has 1 aliphatic rings. The van der Waals surface area contributed by atoms with E-state index in [-0.39, 0.29) is 6.61 Å². The van der Waals surface area contributed by atoms with Crippen molar-refractivity contribution < 1.29 is 5.11 Å². The van der Waals surface area contributed by atoms with Crippen LogP contribution >= 0.6 is 11.3 Å². The molecule has 0 saturated carbocycles. The summed E-state index contributed by atoms with van der Waals surface area (Å²) in [6, 6.07) is 4.20. The van der Waals surface area contributed by atoms with E-state index in [2.05, 4.69) is 33.5 Å². The lowest BCUT2D eigenvalue weighted by atomic mass is 10.0. The third kappa shape index (κ3) is 2.95. The summed E-state index contributed by atoms with van der Waals surface area (Å²) in [5.41, 5.74) is 2.70. The zero-order valence-corrected chi connectivity index (χ0v) is 12.2. The monoisotopic (exact) mass is 286 g/mol. The lowest BCUT2D eigenvalue weighted by Crippen LogP contribution is -2.08. The summed E-state index contributed by atoms with van der Waals surface area (Å²) < 4.78 is 2.28. The van der Waals surface area contributed by atoms with Crippen molar-refractivity contribution in [3.63, 3.8) is 0 Å². The largest absolute Gasteiger partial charge is 0.395 e. The van der Waals surface area contributed by atoms with Crippen molar-refractivity contribution in [2.75, 3.05) is 6.61 Å². The highest BCUT2D eigenvalue weighted by Gasteiger charge is 2.15. The van der Waals surface area contributed by atoms with Crippen LogP contribution in [0.15, 0.2) is 18.5 Å². The Bertz CT molecular complexity index is 645. The molecule has 2 aromatic rings. The van der Waals surface area contributed by atoms with Crippen molar-refractivity contribution in [2.45, 2.75) is 38.6 Å². The van der Waals surface area contributed by atoms with Gasteiger partial charge in [-0.25, -0.2) is 4.98 Å². The fourth-order valence-corrected chi connectivity index (χ4v) is 3.45. The van der Waals surface area contributed by atoms with Crippen molar-refractivity contribution in [1.29, 1.82) is 0 Å². The fourth-order valence-electron chi connectivity index (χ4n) is 2.57. The van der Waals surface area contributed by atoms with Gasteiger partial charge in [0, 0.05) is 17.0 Å². The average molecular weight is 286 g/mol. The number of nitrogens with zero attached hydrogens (tertiary/aromatic N) is 2. The topological polar surface area (TPSA) is 38.0 Å². The third-order valence-electron chi connectivity index (χ3n) is 3.55. The van der Waals surface area contributed by atoms with Crippen molar-refractivity contribution in [2.24, 2.45) is 0 Å². The van der Waals surface area contributed by atoms with Gasteiger partial charge in [-0.3, -0.25) is 0 Å². The van der Waals surface area contributed by atoms with Crippen LogP contribution in [0.2, 0.25) is 0 Å². The summed E-state index contributed by atoms with van der Waals surface area (Å²) in [6.07, 6.45) is 7.36. The number of imidazole rings is 1. The fraction of sp³-hybridized carbons (Fsp3) is 0.438. The van der Waals surface area contributed by atoms with Gasteiger partial charge in [-0.05, 0) is 37.8 Å². The minimum atomic E-state index is 0.131. The van der Waals surface area contributed by atoms with E-state index in [1.54, 1.807) is 11.3 Å². The molecule has 3 nitrogen and oxygen atoms in total. The number of thiophene rings is 1. The Balaban J connectivity index is 1.72. The van der Waals surface area contributed by atoms with Gasteiger partial charge < -0.3 is 9.67 Å². The van der Waals surface area contributed by atoms with Crippen molar-refractivity contribution in [3.05, 3.63) is 39.6 Å². The van der Waals surface area contributed by atoms with Gasteiger partial charge in [0.05, 0.1) is 30.1 Å². The first kappa shape index (κ1) is 13.4. The molecule has 0 bridgehead atoms. The van der Waals surface area contributed by atoms with Crippen LogP contribution in [0, 0.1) is 11.8 Å². The van der Waals surface area contributed by atoms with Crippen LogP contribution in [-0.2, 0) is 19.4 Å². The normalized spacial score (nSPS) is 13.7. The number of fused-ring (bicyclic) bond motifs is 1. The smallest absolute Gasteiger partial charge is 0.0955 e. The molecule has 1 aliphatic carbocycles. The Labute approximate surface area is 123 Å². The van der Waals surface area contributed by atoms with E-state index in [1.807, 2.05) is 6.33 Å². The molecular weight excluding hydrogens is 268 g/mol. The summed E-state index contributed by atoms with van der Waals surface area (Å²) in [4.78, 5) is 6.91. The maximum Gasteiger partial charge on any atom is 0.0955 e. The molecule has 0 aromatic carbocycles. The van der Waals surface area contributed by atoms with Crippen LogP contribution in [0.3, 0.4) is 0 Å². The summed E-state index contributed by atoms with van der Waals surface area (Å²) in [7, 11) is 0. The average Bonchev–Trinajstić information content (AvgIpc) is 3.08. The minimum absolute atomic E-state index is 0.131. The predicted octanol–water partition coefficient (Wildman–Crippen LogP) is 2.61. The Morgan fingerprint density at radius 3 is 3.10 bits per heavy atom. The first-order valence-corrected chi connectivity index (χ1v) is 7.90. The Hall–Kier alpha value is -1.57. The van der Waals surface area contributed by atoms with E-state index in [0.29, 0.717) is 6.42 Å². The van der Waals surface area contributed by atoms with Gasteiger partial charge >= 0.3 is 0 Å². The number of aryl methyl sites for hydroxylation is 1. The number of hydrogen-bond donors (Lipinski definition) is 1. The van der Waals surface area contributed by atoms with Crippen LogP contribution in [0.1, 0.15) is 40.4 Å². The van der Waals surface area contributed by atoms with Crippen molar-refractivity contribution >= 4 is 11.3 Å². The highest BCUT2D eigenvalue weighted by Crippen LogP contribution is 2.23. The molecule has 0 saturated heterocycles. The van der Waals surface area contributed by atoms with E-state index in [1.165, 1.54) is 29.1 Å². The maximum atomic E-state index is 8.72. The minimum Gasteiger partial charge on any atom is -0.395 e. The zero-order chi connectivity index (χ0) is 13.8. The molecule has 2 aromatic heterocycles. The summed E-state index contributed by atoms with van der Waals surface area (Å²) in [5, 5.41) is 8.72. The van der Waals surface area contributed by atoms with Crippen LogP contribution in [0.25, 0.3) is 0 Å². The Kier molecular flexibility index (Phi) is 4.19. The second-order valence-corrected chi connectivity index (χ2v) is 6.18. The number of hydrogen-bond acceptors (Lipinski definition) is 3. The first-order valence-electron chi connectivity index (χ1n) is 7.08. The highest BCUT2D eigenvalue weighted by atomic mass is 32.1. The standard InChI is InChI=1S/C16H18N2OS/c19-10-4-3-5-13-8-9-14(20-13)11-18-12-17-15-6-1-2-7-16(15)18/h8-9,12,19H,1-2,4,6-7,10-11H2. The molecule has 0 unspecified atom stereocenters. The zero-order valence-electron chi connectivity index (χ0n) is 11.4. The molecule has 104 valence electrons.